The normalized spacial score (nSPS) is 31.4. The smallest absolute Gasteiger partial charge is 0.408 e. The molecule has 8 atom stereocenters. The molecule has 0 spiro atoms. The number of carbonyl (C=O) groups excluding carboxylic acids is 4. The van der Waals surface area contributed by atoms with Gasteiger partial charge in [0.15, 0.2) is 5.69 Å². The first-order chi connectivity index (χ1) is 28.5. The first kappa shape index (κ1) is 43.9. The second kappa shape index (κ2) is 15.6. The number of allylic oxidation sites excluding steroid dienone is 2. The van der Waals surface area contributed by atoms with Crippen LogP contribution < -0.4 is 14.8 Å². The fraction of sp³-hybridized carbons (Fsp3) is 0.610. The van der Waals surface area contributed by atoms with Crippen LogP contribution in [0.5, 0.6) is 5.88 Å². The van der Waals surface area contributed by atoms with Gasteiger partial charge in [0.25, 0.3) is 5.91 Å². The van der Waals surface area contributed by atoms with Crippen LogP contribution in [-0.2, 0) is 35.1 Å². The molecule has 2 aromatic rings. The monoisotopic (exact) mass is 873 g/mol. The molecule has 7 rings (SSSR count). The lowest BCUT2D eigenvalue weighted by atomic mass is 9.85. The van der Waals surface area contributed by atoms with Crippen molar-refractivity contribution in [3.8, 4) is 11.9 Å². The standard InChI is InChI=1S/C41H47F4N7O8S/c1-6-23-28-19-52(29(23)33(53)47-20-40(17-24(40)32(42)43)36(55)51-61(57,58)39(5)13-14-39)35(54)31(38(2,3)4)50-37(56)60-27-16-22(27)9-7-8-12-41(44,45)30-34(59-28)49-26-15-21(18-46)10-11-25(26)48-30/h8,10-12,15,20,22-24,27-29,31-32H,6-7,9,13-14,16-17,19H2,1-5H3,(H,50,56)(H,51,55)/b12-8+,47-20?/t22-,23-,24+,27-,28+,29+,31-,40-/m1/s1. The predicted molar refractivity (Wildman–Crippen MR) is 210 cm³/mol. The lowest BCUT2D eigenvalue weighted by Crippen LogP contribution is -2.57. The van der Waals surface area contributed by atoms with Crippen molar-refractivity contribution in [2.24, 2.45) is 33.6 Å². The Morgan fingerprint density at radius 1 is 1.15 bits per heavy atom. The van der Waals surface area contributed by atoms with E-state index in [9.17, 15) is 41.6 Å². The molecular formula is C41H47F4N7O8S. The Balaban J connectivity index is 1.30. The largest absolute Gasteiger partial charge is 0.471 e. The highest BCUT2D eigenvalue weighted by Crippen LogP contribution is 2.55. The number of hydrogen-bond donors (Lipinski definition) is 2. The minimum atomic E-state index is -4.26. The molecule has 1 saturated heterocycles. The lowest BCUT2D eigenvalue weighted by molar-refractivity contribution is -0.141. The number of amides is 4. The molecule has 2 aliphatic heterocycles. The summed E-state index contributed by atoms with van der Waals surface area (Å²) in [6.07, 6.45) is -1.99. The molecule has 3 saturated carbocycles. The molecule has 0 radical (unpaired) electrons. The van der Waals surface area contributed by atoms with Gasteiger partial charge in [0.2, 0.25) is 34.1 Å². The Bertz CT molecular complexity index is 2360. The minimum absolute atomic E-state index is 0.0372. The van der Waals surface area contributed by atoms with Crippen LogP contribution in [0.4, 0.5) is 22.4 Å². The molecule has 328 valence electrons. The van der Waals surface area contributed by atoms with E-state index in [1.807, 2.05) is 10.8 Å². The minimum Gasteiger partial charge on any atom is -0.471 e. The average molecular weight is 874 g/mol. The molecule has 0 unspecified atom stereocenters. The molecule has 4 amide bonds. The Labute approximate surface area is 349 Å². The number of fused-ring (bicyclic) bond motifs is 5. The summed E-state index contributed by atoms with van der Waals surface area (Å²) in [6, 6.07) is 3.15. The number of alkyl halides is 4. The Kier molecular flexibility index (Phi) is 11.2. The van der Waals surface area contributed by atoms with Gasteiger partial charge < -0.3 is 19.7 Å². The molecule has 3 aliphatic carbocycles. The number of alkyl carbamates (subject to hydrolysis) is 1. The van der Waals surface area contributed by atoms with Gasteiger partial charge in [-0.15, -0.1) is 0 Å². The van der Waals surface area contributed by atoms with Crippen LogP contribution in [0.1, 0.15) is 90.8 Å². The van der Waals surface area contributed by atoms with E-state index in [1.54, 1.807) is 27.7 Å². The van der Waals surface area contributed by atoms with E-state index >= 15 is 8.78 Å². The van der Waals surface area contributed by atoms with Crippen molar-refractivity contribution in [1.82, 2.24) is 24.9 Å². The number of ether oxygens (including phenoxy) is 2. The molecule has 3 heterocycles. The topological polar surface area (TPSA) is 210 Å². The fourth-order valence-corrected chi connectivity index (χ4v) is 9.42. The van der Waals surface area contributed by atoms with Crippen LogP contribution in [-0.4, -0.2) is 95.3 Å². The van der Waals surface area contributed by atoms with Gasteiger partial charge in [-0.1, -0.05) is 33.8 Å². The molecule has 2 N–H and O–H groups in total. The second-order valence-electron chi connectivity index (χ2n) is 18.0. The maximum atomic E-state index is 16.2. The van der Waals surface area contributed by atoms with Gasteiger partial charge in [0.1, 0.15) is 24.3 Å². The van der Waals surface area contributed by atoms with Gasteiger partial charge in [-0.3, -0.25) is 19.1 Å². The van der Waals surface area contributed by atoms with Gasteiger partial charge in [-0.05, 0) is 87.5 Å². The van der Waals surface area contributed by atoms with Crippen LogP contribution in [0.15, 0.2) is 35.3 Å². The molecule has 20 heteroatoms. The Hall–Kier alpha value is -5.19. The molecule has 2 bridgehead atoms. The van der Waals surface area contributed by atoms with Gasteiger partial charge in [0.05, 0.1) is 39.4 Å². The third-order valence-electron chi connectivity index (χ3n) is 12.5. The van der Waals surface area contributed by atoms with Crippen LogP contribution in [0.25, 0.3) is 11.0 Å². The summed E-state index contributed by atoms with van der Waals surface area (Å²) in [5, 5.41) is 12.2. The number of nitrogens with one attached hydrogen (secondary N) is 2. The summed E-state index contributed by atoms with van der Waals surface area (Å²) in [4.78, 5) is 69.5. The molecule has 1 aromatic carbocycles. The number of aromatic nitrogens is 2. The fourth-order valence-electron chi connectivity index (χ4n) is 8.10. The number of sulfonamides is 1. The van der Waals surface area contributed by atoms with Crippen LogP contribution in [0.3, 0.4) is 0 Å². The van der Waals surface area contributed by atoms with Crippen molar-refractivity contribution in [3.05, 3.63) is 41.6 Å². The SMILES string of the molecule is CC[C@@H]1[C@@H]2CN(C(=O)[C@H](C(C)(C)C)NC(=O)O[C@@H]3C[C@H]3CC/C=C/C(F)(F)c3nc4ccc(C#N)cc4nc3O2)[C@@H]1C(=O)N=C[C@]1(C(=O)NS(=O)(=O)C2(C)CC2)C[C@H]1C(F)F. The summed E-state index contributed by atoms with van der Waals surface area (Å²) in [7, 11) is -4.26. The quantitative estimate of drug-likeness (QED) is 0.207. The van der Waals surface area contributed by atoms with Crippen molar-refractivity contribution >= 4 is 51.1 Å². The highest BCUT2D eigenvalue weighted by molar-refractivity contribution is 7.91. The molecule has 4 fully saturated rings. The average Bonchev–Trinajstić information content (AvgIpc) is 4.14. The second-order valence-corrected chi connectivity index (χ2v) is 20.2. The summed E-state index contributed by atoms with van der Waals surface area (Å²) >= 11 is 0. The lowest BCUT2D eigenvalue weighted by Gasteiger charge is -2.35. The maximum absolute atomic E-state index is 16.2. The molecule has 15 nitrogen and oxygen atoms in total. The number of halogens is 4. The number of rotatable bonds is 7. The number of nitrogens with zero attached hydrogens (tertiary/aromatic N) is 5. The van der Waals surface area contributed by atoms with Gasteiger partial charge in [-0.2, -0.15) is 14.0 Å². The van der Waals surface area contributed by atoms with Crippen molar-refractivity contribution < 1.29 is 54.6 Å². The zero-order valence-corrected chi connectivity index (χ0v) is 35.0. The first-order valence-electron chi connectivity index (χ1n) is 20.2. The number of carbonyl (C=O) groups is 4. The third kappa shape index (κ3) is 8.54. The Morgan fingerprint density at radius 2 is 1.87 bits per heavy atom. The van der Waals surface area contributed by atoms with Crippen LogP contribution in [0, 0.1) is 39.9 Å². The van der Waals surface area contributed by atoms with Gasteiger partial charge in [-0.25, -0.2) is 37.0 Å². The predicted octanol–water partition coefficient (Wildman–Crippen LogP) is 5.32. The summed E-state index contributed by atoms with van der Waals surface area (Å²) < 4.78 is 99.1. The maximum Gasteiger partial charge on any atom is 0.408 e. The van der Waals surface area contributed by atoms with Gasteiger partial charge in [0, 0.05) is 18.1 Å². The van der Waals surface area contributed by atoms with E-state index in [-0.39, 0.29) is 48.2 Å². The highest BCUT2D eigenvalue weighted by Gasteiger charge is 2.65. The number of hydrogen-bond acceptors (Lipinski definition) is 11. The summed E-state index contributed by atoms with van der Waals surface area (Å²) in [5.41, 5.74) is -3.81. The zero-order chi connectivity index (χ0) is 44.4. The van der Waals surface area contributed by atoms with Crippen molar-refractivity contribution in [3.63, 3.8) is 0 Å². The molecule has 1 aromatic heterocycles. The van der Waals surface area contributed by atoms with Gasteiger partial charge >= 0.3 is 12.0 Å². The van der Waals surface area contributed by atoms with Crippen molar-refractivity contribution in [2.45, 2.75) is 121 Å². The molecule has 5 aliphatic rings. The molecule has 61 heavy (non-hydrogen) atoms. The van der Waals surface area contributed by atoms with Crippen molar-refractivity contribution in [1.29, 1.82) is 5.26 Å². The number of aliphatic imine (C=N–C) groups is 1. The zero-order valence-electron chi connectivity index (χ0n) is 34.2. The van der Waals surface area contributed by atoms with E-state index < -0.39 is 122 Å². The first-order valence-corrected chi connectivity index (χ1v) is 21.7. The van der Waals surface area contributed by atoms with Crippen molar-refractivity contribution in [2.75, 3.05) is 6.54 Å². The highest BCUT2D eigenvalue weighted by atomic mass is 32.2. The molecular weight excluding hydrogens is 827 g/mol. The van der Waals surface area contributed by atoms with E-state index in [0.717, 1.165) is 4.90 Å². The number of benzene rings is 1. The van der Waals surface area contributed by atoms with Crippen LogP contribution in [0.2, 0.25) is 0 Å². The van der Waals surface area contributed by atoms with E-state index in [4.69, 9.17) is 9.47 Å². The summed E-state index contributed by atoms with van der Waals surface area (Å²) in [6.45, 7) is 7.58. The van der Waals surface area contributed by atoms with E-state index in [1.165, 1.54) is 31.2 Å². The van der Waals surface area contributed by atoms with E-state index in [0.29, 0.717) is 25.1 Å². The number of nitriles is 1. The third-order valence-corrected chi connectivity index (χ3v) is 14.7. The Morgan fingerprint density at radius 3 is 2.49 bits per heavy atom. The summed E-state index contributed by atoms with van der Waals surface area (Å²) in [5.74, 6) is -10.4. The van der Waals surface area contributed by atoms with Crippen LogP contribution >= 0.6 is 0 Å². The van der Waals surface area contributed by atoms with E-state index in [2.05, 4.69) is 20.3 Å².